The van der Waals surface area contributed by atoms with E-state index in [4.69, 9.17) is 16.4 Å². The maximum atomic E-state index is 11.2. The molecule has 5 heteroatoms. The predicted molar refractivity (Wildman–Crippen MR) is 50.5 cm³/mol. The Morgan fingerprint density at radius 1 is 1.62 bits per heavy atom. The van der Waals surface area contributed by atoms with Crippen LogP contribution in [0.3, 0.4) is 0 Å². The van der Waals surface area contributed by atoms with Crippen LogP contribution in [0.2, 0.25) is 0 Å². The molecule has 0 aliphatic carbocycles. The number of carbonyl (C=O) groups excluding carboxylic acids is 1. The first-order valence-corrected chi connectivity index (χ1v) is 4.99. The summed E-state index contributed by atoms with van der Waals surface area (Å²) in [6, 6.07) is 0. The van der Waals surface area contributed by atoms with E-state index in [2.05, 4.69) is 5.32 Å². The predicted octanol–water partition coefficient (Wildman–Crippen LogP) is 0.367. The van der Waals surface area contributed by atoms with E-state index in [9.17, 15) is 4.79 Å². The van der Waals surface area contributed by atoms with Gasteiger partial charge in [-0.3, -0.25) is 0 Å². The van der Waals surface area contributed by atoms with E-state index in [-0.39, 0.29) is 5.97 Å². The molecule has 1 rings (SSSR count). The highest BCUT2D eigenvalue weighted by Crippen LogP contribution is 2.05. The van der Waals surface area contributed by atoms with E-state index >= 15 is 0 Å². The number of carbonyl (C=O) groups is 1. The lowest BCUT2D eigenvalue weighted by Crippen LogP contribution is -2.45. The van der Waals surface area contributed by atoms with Crippen molar-refractivity contribution in [1.82, 2.24) is 10.4 Å². The summed E-state index contributed by atoms with van der Waals surface area (Å²) >= 11 is 5.72. The molecule has 1 N–H and O–H groups in total. The number of rotatable bonds is 3. The second-order valence-electron chi connectivity index (χ2n) is 2.97. The molecule has 13 heavy (non-hydrogen) atoms. The molecule has 0 amide bonds. The molecule has 0 aromatic rings. The zero-order valence-corrected chi connectivity index (χ0v) is 8.51. The van der Waals surface area contributed by atoms with Crippen LogP contribution in [-0.2, 0) is 9.63 Å². The minimum absolute atomic E-state index is 0.342. The summed E-state index contributed by atoms with van der Waals surface area (Å²) in [5, 5.41) is 4.30. The molecule has 1 atom stereocenters. The Labute approximate surface area is 83.1 Å². The average molecular weight is 207 g/mol. The number of nitrogens with one attached hydrogen (secondary N) is 1. The first kappa shape index (κ1) is 10.8. The van der Waals surface area contributed by atoms with E-state index in [0.29, 0.717) is 6.42 Å². The minimum atomic E-state index is -0.519. The van der Waals surface area contributed by atoms with Crippen LogP contribution in [0, 0.1) is 0 Å². The van der Waals surface area contributed by atoms with Gasteiger partial charge < -0.3 is 10.2 Å². The first-order valence-electron chi connectivity index (χ1n) is 4.55. The van der Waals surface area contributed by atoms with E-state index in [1.807, 2.05) is 6.92 Å². The molecule has 1 unspecified atom stereocenters. The summed E-state index contributed by atoms with van der Waals surface area (Å²) in [4.78, 5) is 16.3. The summed E-state index contributed by atoms with van der Waals surface area (Å²) < 4.78 is 0. The molecule has 0 saturated carbocycles. The van der Waals surface area contributed by atoms with Gasteiger partial charge >= 0.3 is 5.97 Å². The van der Waals surface area contributed by atoms with Crippen molar-refractivity contribution in [2.24, 2.45) is 0 Å². The molecule has 1 heterocycles. The second kappa shape index (κ2) is 5.42. The highest BCUT2D eigenvalue weighted by atomic mass is 35.5. The summed E-state index contributed by atoms with van der Waals surface area (Å²) in [6.45, 7) is 5.04. The highest BCUT2D eigenvalue weighted by molar-refractivity contribution is 6.29. The summed E-state index contributed by atoms with van der Waals surface area (Å²) in [5.41, 5.74) is 0. The largest absolute Gasteiger partial charge is 0.366 e. The molecule has 1 fully saturated rings. The van der Waals surface area contributed by atoms with E-state index in [0.717, 1.165) is 26.2 Å². The minimum Gasteiger partial charge on any atom is -0.366 e. The summed E-state index contributed by atoms with van der Waals surface area (Å²) in [5.74, 6) is -0.342. The molecule has 76 valence electrons. The van der Waals surface area contributed by atoms with Gasteiger partial charge in [-0.15, -0.1) is 16.7 Å². The zero-order valence-electron chi connectivity index (χ0n) is 7.75. The quantitative estimate of drug-likeness (QED) is 0.678. The van der Waals surface area contributed by atoms with E-state index in [1.54, 1.807) is 5.06 Å². The Morgan fingerprint density at radius 2 is 2.23 bits per heavy atom. The van der Waals surface area contributed by atoms with Crippen molar-refractivity contribution in [2.75, 3.05) is 26.2 Å². The maximum absolute atomic E-state index is 11.2. The van der Waals surface area contributed by atoms with Crippen molar-refractivity contribution in [2.45, 2.75) is 18.7 Å². The number of piperazine rings is 1. The fourth-order valence-corrected chi connectivity index (χ4v) is 1.13. The van der Waals surface area contributed by atoms with E-state index in [1.165, 1.54) is 0 Å². The Kier molecular flexibility index (Phi) is 4.48. The number of hydrogen-bond donors (Lipinski definition) is 1. The second-order valence-corrected chi connectivity index (χ2v) is 3.49. The van der Waals surface area contributed by atoms with Crippen LogP contribution in [0.4, 0.5) is 0 Å². The topological polar surface area (TPSA) is 41.6 Å². The van der Waals surface area contributed by atoms with Gasteiger partial charge in [-0.05, 0) is 6.42 Å². The number of hydrogen-bond acceptors (Lipinski definition) is 4. The Hall–Kier alpha value is -0.320. The van der Waals surface area contributed by atoms with Crippen LogP contribution in [0.1, 0.15) is 13.3 Å². The summed E-state index contributed by atoms with van der Waals surface area (Å²) in [7, 11) is 0. The zero-order chi connectivity index (χ0) is 9.68. The molecule has 0 aromatic carbocycles. The van der Waals surface area contributed by atoms with Gasteiger partial charge in [-0.25, -0.2) is 4.79 Å². The van der Waals surface area contributed by atoms with Gasteiger partial charge in [-0.2, -0.15) is 0 Å². The third-order valence-corrected chi connectivity index (χ3v) is 2.40. The van der Waals surface area contributed by atoms with Crippen LogP contribution in [0.5, 0.6) is 0 Å². The number of halogens is 1. The molecule has 4 nitrogen and oxygen atoms in total. The standard InChI is InChI=1S/C8H15ClN2O2/c1-2-7(9)8(12)13-11-5-3-10-4-6-11/h7,10H,2-6H2,1H3. The molecular formula is C8H15ClN2O2. The fraction of sp³-hybridized carbons (Fsp3) is 0.875. The third-order valence-electron chi connectivity index (χ3n) is 1.91. The molecular weight excluding hydrogens is 192 g/mol. The normalized spacial score (nSPS) is 21.1. The van der Waals surface area contributed by atoms with Gasteiger partial charge in [0.1, 0.15) is 5.38 Å². The van der Waals surface area contributed by atoms with Crippen molar-refractivity contribution < 1.29 is 9.63 Å². The maximum Gasteiger partial charge on any atom is 0.342 e. The van der Waals surface area contributed by atoms with Crippen LogP contribution in [-0.4, -0.2) is 42.6 Å². The molecule has 1 aliphatic heterocycles. The van der Waals surface area contributed by atoms with Gasteiger partial charge in [0.15, 0.2) is 0 Å². The lowest BCUT2D eigenvalue weighted by molar-refractivity contribution is -0.192. The average Bonchev–Trinajstić information content (AvgIpc) is 2.18. The van der Waals surface area contributed by atoms with Crippen LogP contribution >= 0.6 is 11.6 Å². The third kappa shape index (κ3) is 3.50. The number of alkyl halides is 1. The Bertz CT molecular complexity index is 172. The van der Waals surface area contributed by atoms with Crippen LogP contribution in [0.15, 0.2) is 0 Å². The van der Waals surface area contributed by atoms with Crippen molar-refractivity contribution in [3.05, 3.63) is 0 Å². The van der Waals surface area contributed by atoms with Crippen LogP contribution < -0.4 is 5.32 Å². The fourth-order valence-electron chi connectivity index (χ4n) is 1.09. The lowest BCUT2D eigenvalue weighted by atomic mass is 10.3. The van der Waals surface area contributed by atoms with Gasteiger partial charge in [0.05, 0.1) is 0 Å². The molecule has 0 spiro atoms. The van der Waals surface area contributed by atoms with Gasteiger partial charge in [-0.1, -0.05) is 6.92 Å². The number of nitrogens with zero attached hydrogens (tertiary/aromatic N) is 1. The molecule has 1 aliphatic rings. The van der Waals surface area contributed by atoms with Gasteiger partial charge in [0, 0.05) is 26.2 Å². The van der Waals surface area contributed by atoms with Gasteiger partial charge in [0.2, 0.25) is 0 Å². The molecule has 0 aromatic heterocycles. The van der Waals surface area contributed by atoms with Crippen LogP contribution in [0.25, 0.3) is 0 Å². The SMILES string of the molecule is CCC(Cl)C(=O)ON1CCNCC1. The van der Waals surface area contributed by atoms with Crippen molar-refractivity contribution in [1.29, 1.82) is 0 Å². The lowest BCUT2D eigenvalue weighted by Gasteiger charge is -2.26. The first-order chi connectivity index (χ1) is 6.24. The number of hydroxylamine groups is 2. The Morgan fingerprint density at radius 3 is 2.77 bits per heavy atom. The van der Waals surface area contributed by atoms with Crippen molar-refractivity contribution >= 4 is 17.6 Å². The van der Waals surface area contributed by atoms with E-state index < -0.39 is 5.38 Å². The van der Waals surface area contributed by atoms with Crippen molar-refractivity contribution in [3.63, 3.8) is 0 Å². The van der Waals surface area contributed by atoms with Crippen molar-refractivity contribution in [3.8, 4) is 0 Å². The molecule has 0 radical (unpaired) electrons. The van der Waals surface area contributed by atoms with Gasteiger partial charge in [0.25, 0.3) is 0 Å². The smallest absolute Gasteiger partial charge is 0.342 e. The Balaban J connectivity index is 2.26. The molecule has 0 bridgehead atoms. The summed E-state index contributed by atoms with van der Waals surface area (Å²) in [6.07, 6.45) is 0.604. The highest BCUT2D eigenvalue weighted by Gasteiger charge is 2.19. The monoisotopic (exact) mass is 206 g/mol. The molecule has 1 saturated heterocycles.